The zero-order chi connectivity index (χ0) is 45.1. The molecule has 0 radical (unpaired) electrons. The van der Waals surface area contributed by atoms with Crippen LogP contribution in [-0.4, -0.2) is 4.57 Å². The highest BCUT2D eigenvalue weighted by Gasteiger charge is 2.40. The fraction of sp³-hybridized carbons (Fsp3) is 0.143. The van der Waals surface area contributed by atoms with Gasteiger partial charge in [-0.05, 0) is 81.4 Å². The first-order valence-electron chi connectivity index (χ1n) is 23.5. The van der Waals surface area contributed by atoms with Crippen molar-refractivity contribution in [2.45, 2.75) is 57.8 Å². The van der Waals surface area contributed by atoms with Crippen LogP contribution in [0.5, 0.6) is 23.0 Å². The molecular weight excluding hydrogens is 819 g/mol. The van der Waals surface area contributed by atoms with Crippen LogP contribution in [0.2, 0.25) is 0 Å². The number of ether oxygens (including phenoxy) is 2. The lowest BCUT2D eigenvalue weighted by Crippen LogP contribution is -2.24. The Morgan fingerprint density at radius 1 is 0.358 bits per heavy atom. The molecule has 0 fully saturated rings. The Hall–Kier alpha value is -7.82. The Bertz CT molecular complexity index is 3840. The van der Waals surface area contributed by atoms with E-state index in [1.54, 1.807) is 0 Å². The number of rotatable bonds is 3. The number of fused-ring (bicyclic) bond motifs is 15. The van der Waals surface area contributed by atoms with Gasteiger partial charge in [0.05, 0.1) is 11.0 Å². The molecule has 2 aliphatic heterocycles. The van der Waals surface area contributed by atoms with Crippen LogP contribution in [0.1, 0.15) is 74.9 Å². The topological polar surface area (TPSA) is 36.5 Å². The van der Waals surface area contributed by atoms with Crippen LogP contribution in [0, 0.1) is 0 Å². The summed E-state index contributed by atoms with van der Waals surface area (Å²) in [5.74, 6) is 3.49. The van der Waals surface area contributed by atoms with Crippen molar-refractivity contribution in [2.75, 3.05) is 0 Å². The van der Waals surface area contributed by atoms with Gasteiger partial charge >= 0.3 is 0 Å². The summed E-state index contributed by atoms with van der Waals surface area (Å²) in [7, 11) is 0. The molecule has 1 aliphatic carbocycles. The molecule has 4 nitrogen and oxygen atoms in total. The fourth-order valence-electron chi connectivity index (χ4n) is 12.2. The van der Waals surface area contributed by atoms with Crippen molar-refractivity contribution >= 4 is 43.7 Å². The van der Waals surface area contributed by atoms with Crippen LogP contribution in [0.15, 0.2) is 180 Å². The second kappa shape index (κ2) is 13.2. The molecule has 0 atom stereocenters. The molecule has 2 aromatic heterocycles. The van der Waals surface area contributed by atoms with Gasteiger partial charge in [-0.15, -0.1) is 0 Å². The Labute approximate surface area is 389 Å². The van der Waals surface area contributed by atoms with Crippen molar-refractivity contribution in [1.82, 2.24) is 4.57 Å². The van der Waals surface area contributed by atoms with Gasteiger partial charge in [0.2, 0.25) is 0 Å². The van der Waals surface area contributed by atoms with Crippen molar-refractivity contribution in [1.29, 1.82) is 0 Å². The van der Waals surface area contributed by atoms with Crippen molar-refractivity contribution in [2.24, 2.45) is 0 Å². The third-order valence-electron chi connectivity index (χ3n) is 15.7. The molecule has 14 rings (SSSR count). The Kier molecular flexibility index (Phi) is 7.56. The number of aromatic nitrogens is 1. The summed E-state index contributed by atoms with van der Waals surface area (Å²) < 4.78 is 23.7. The highest BCUT2D eigenvalue weighted by molar-refractivity contribution is 6.15. The first-order valence-corrected chi connectivity index (χ1v) is 23.5. The third-order valence-corrected chi connectivity index (χ3v) is 15.7. The van der Waals surface area contributed by atoms with Gasteiger partial charge in [0.25, 0.3) is 0 Å². The van der Waals surface area contributed by atoms with Crippen LogP contribution in [0.25, 0.3) is 82.8 Å². The summed E-state index contributed by atoms with van der Waals surface area (Å²) in [6, 6.07) is 64.1. The maximum absolute atomic E-state index is 7.21. The molecule has 9 aromatic carbocycles. The van der Waals surface area contributed by atoms with E-state index in [-0.39, 0.29) is 16.2 Å². The number of nitrogens with zero attached hydrogens (tertiary/aromatic N) is 1. The first kappa shape index (κ1) is 38.4. The lowest BCUT2D eigenvalue weighted by molar-refractivity contribution is 0.420. The smallest absolute Gasteiger partial charge is 0.156 e. The highest BCUT2D eigenvalue weighted by Crippen LogP contribution is 2.57. The lowest BCUT2D eigenvalue weighted by Gasteiger charge is -2.35. The van der Waals surface area contributed by atoms with Gasteiger partial charge < -0.3 is 18.5 Å². The van der Waals surface area contributed by atoms with Crippen LogP contribution >= 0.6 is 0 Å². The van der Waals surface area contributed by atoms with E-state index < -0.39 is 0 Å². The summed E-state index contributed by atoms with van der Waals surface area (Å²) in [5.41, 5.74) is 18.3. The predicted octanol–water partition coefficient (Wildman–Crippen LogP) is 17.2. The van der Waals surface area contributed by atoms with Crippen LogP contribution in [0.4, 0.5) is 0 Å². The Morgan fingerprint density at radius 2 is 0.896 bits per heavy atom. The normalized spacial score (nSPS) is 15.6. The molecule has 322 valence electrons. The molecule has 0 spiro atoms. The number of hydrogen-bond donors (Lipinski definition) is 0. The Morgan fingerprint density at radius 3 is 1.58 bits per heavy atom. The Balaban J connectivity index is 1.11. The average Bonchev–Trinajstić information content (AvgIpc) is 3.97. The molecule has 67 heavy (non-hydrogen) atoms. The standard InChI is InChI=1S/C63H47NO3/c1-61(2)47-20-9-7-16-41(47)42-27-26-36(35-52(42)61)37-32-38(40-18-15-19-46-43-17-8-12-23-53(43)65-58(40)46)34-39(33-37)64-56-44(28-30-50-59(56)66-54-24-13-10-21-48(54)62(50,3)4)45-29-31-51-60(57(45)64)67-55-25-14-11-22-49(55)63(51,5)6/h7-35H,1-6H3. The van der Waals surface area contributed by atoms with E-state index in [9.17, 15) is 0 Å². The van der Waals surface area contributed by atoms with Gasteiger partial charge in [-0.25, -0.2) is 0 Å². The minimum absolute atomic E-state index is 0.159. The van der Waals surface area contributed by atoms with Gasteiger partial charge in [0, 0.05) is 71.3 Å². The van der Waals surface area contributed by atoms with Crippen molar-refractivity contribution in [3.63, 3.8) is 0 Å². The second-order valence-electron chi connectivity index (χ2n) is 20.4. The maximum Gasteiger partial charge on any atom is 0.156 e. The number of benzene rings is 9. The number of hydrogen-bond acceptors (Lipinski definition) is 3. The summed E-state index contributed by atoms with van der Waals surface area (Å²) in [6.45, 7) is 14.0. The van der Waals surface area contributed by atoms with E-state index in [1.807, 2.05) is 6.07 Å². The molecule has 11 aromatic rings. The number of furan rings is 1. The van der Waals surface area contributed by atoms with Crippen LogP contribution in [0.3, 0.4) is 0 Å². The van der Waals surface area contributed by atoms with Gasteiger partial charge in [0.1, 0.15) is 22.7 Å². The van der Waals surface area contributed by atoms with Crippen LogP contribution in [-0.2, 0) is 16.2 Å². The zero-order valence-corrected chi connectivity index (χ0v) is 38.4. The lowest BCUT2D eigenvalue weighted by atomic mass is 9.75. The minimum atomic E-state index is -0.324. The molecule has 0 saturated heterocycles. The predicted molar refractivity (Wildman–Crippen MR) is 274 cm³/mol. The molecule has 3 aliphatic rings. The minimum Gasteiger partial charge on any atom is -0.455 e. The van der Waals surface area contributed by atoms with Crippen LogP contribution < -0.4 is 9.47 Å². The van der Waals surface area contributed by atoms with Crippen molar-refractivity contribution < 1.29 is 13.9 Å². The second-order valence-corrected chi connectivity index (χ2v) is 20.4. The monoisotopic (exact) mass is 865 g/mol. The van der Waals surface area contributed by atoms with E-state index in [0.717, 1.165) is 106 Å². The number of para-hydroxylation sites is 4. The van der Waals surface area contributed by atoms with E-state index in [4.69, 9.17) is 13.9 Å². The van der Waals surface area contributed by atoms with Gasteiger partial charge in [-0.1, -0.05) is 175 Å². The molecule has 0 amide bonds. The molecule has 4 heteroatoms. The van der Waals surface area contributed by atoms with E-state index in [2.05, 4.69) is 216 Å². The summed E-state index contributed by atoms with van der Waals surface area (Å²) in [6.07, 6.45) is 0. The molecule has 0 saturated carbocycles. The zero-order valence-electron chi connectivity index (χ0n) is 38.4. The van der Waals surface area contributed by atoms with Gasteiger partial charge in [-0.2, -0.15) is 0 Å². The third kappa shape index (κ3) is 5.13. The fourth-order valence-corrected chi connectivity index (χ4v) is 12.2. The SMILES string of the molecule is CC1(C)c2ccccc2-c2ccc(-c3cc(-c4cccc5c4oc4ccccc45)cc(-n4c5c6c(ccc5c5ccc7c(c54)Oc4ccccc4C7(C)C)C(C)(C)c4ccccc4O6)c3)cc21. The van der Waals surface area contributed by atoms with Gasteiger partial charge in [-0.3, -0.25) is 0 Å². The van der Waals surface area contributed by atoms with Gasteiger partial charge in [0.15, 0.2) is 11.5 Å². The summed E-state index contributed by atoms with van der Waals surface area (Å²) in [5, 5.41) is 4.42. The summed E-state index contributed by atoms with van der Waals surface area (Å²) >= 11 is 0. The quantitative estimate of drug-likeness (QED) is 0.178. The first-order chi connectivity index (χ1) is 32.5. The molecule has 0 unspecified atom stereocenters. The highest BCUT2D eigenvalue weighted by atomic mass is 16.5. The van der Waals surface area contributed by atoms with E-state index in [0.29, 0.717) is 0 Å². The summed E-state index contributed by atoms with van der Waals surface area (Å²) in [4.78, 5) is 0. The molecular formula is C63H47NO3. The largest absolute Gasteiger partial charge is 0.455 e. The maximum atomic E-state index is 7.21. The average molecular weight is 866 g/mol. The molecule has 4 heterocycles. The molecule has 0 N–H and O–H groups in total. The van der Waals surface area contributed by atoms with Crippen molar-refractivity contribution in [3.8, 4) is 62.1 Å². The van der Waals surface area contributed by atoms with E-state index >= 15 is 0 Å². The van der Waals surface area contributed by atoms with E-state index in [1.165, 1.54) is 33.4 Å². The van der Waals surface area contributed by atoms with Crippen molar-refractivity contribution in [3.05, 3.63) is 209 Å². The molecule has 0 bridgehead atoms.